The van der Waals surface area contributed by atoms with Crippen LogP contribution in [0.5, 0.6) is 0 Å². The number of hydrogen-bond donors (Lipinski definition) is 2. The number of aromatic nitrogens is 3. The van der Waals surface area contributed by atoms with Gasteiger partial charge in [0.1, 0.15) is 18.4 Å². The van der Waals surface area contributed by atoms with Crippen LogP contribution in [0.1, 0.15) is 12.7 Å². The molecule has 1 aromatic heterocycles. The van der Waals surface area contributed by atoms with E-state index in [-0.39, 0.29) is 30.3 Å². The van der Waals surface area contributed by atoms with E-state index in [2.05, 4.69) is 20.3 Å². The van der Waals surface area contributed by atoms with Gasteiger partial charge in [-0.05, 0) is 13.8 Å². The summed E-state index contributed by atoms with van der Waals surface area (Å²) >= 11 is 0. The summed E-state index contributed by atoms with van der Waals surface area (Å²) in [7, 11) is 0. The van der Waals surface area contributed by atoms with Crippen molar-refractivity contribution >= 4 is 23.7 Å². The van der Waals surface area contributed by atoms with Crippen LogP contribution in [0.4, 0.5) is 11.9 Å². The fraction of sp³-hybridized carbons (Fsp3) is 0.444. The largest absolute Gasteiger partial charge is 0.368 e. The molecule has 0 spiro atoms. The highest BCUT2D eigenvalue weighted by Gasteiger charge is 2.32. The smallest absolute Gasteiger partial charge is 0.249 e. The second-order valence-corrected chi connectivity index (χ2v) is 3.76. The Hall–Kier alpha value is -2.25. The number of amides is 2. The molecule has 90 valence electrons. The molecule has 0 saturated carbocycles. The fourth-order valence-corrected chi connectivity index (χ4v) is 1.57. The molecule has 0 bridgehead atoms. The van der Waals surface area contributed by atoms with Crippen molar-refractivity contribution in [2.75, 3.05) is 17.2 Å². The molecule has 1 aromatic rings. The Morgan fingerprint density at radius 3 is 2.71 bits per heavy atom. The molecular formula is C9H12N6O2. The highest BCUT2D eigenvalue weighted by molar-refractivity contribution is 6.04. The van der Waals surface area contributed by atoms with E-state index in [4.69, 9.17) is 5.73 Å². The molecule has 1 atom stereocenters. The zero-order chi connectivity index (χ0) is 12.6. The van der Waals surface area contributed by atoms with Crippen LogP contribution in [-0.2, 0) is 9.59 Å². The minimum absolute atomic E-state index is 0.0236. The molecule has 2 rings (SSSR count). The van der Waals surface area contributed by atoms with Crippen molar-refractivity contribution in [1.29, 1.82) is 0 Å². The maximum absolute atomic E-state index is 11.5. The third-order valence-corrected chi connectivity index (χ3v) is 2.43. The lowest BCUT2D eigenvalue weighted by molar-refractivity contribution is -0.132. The SMILES string of the molecule is Cc1nc(N)nc(N2CC(=O)NC(=O)C2C)n1. The van der Waals surface area contributed by atoms with Crippen molar-refractivity contribution in [2.45, 2.75) is 19.9 Å². The Labute approximate surface area is 97.2 Å². The van der Waals surface area contributed by atoms with Crippen LogP contribution in [-0.4, -0.2) is 39.4 Å². The maximum atomic E-state index is 11.5. The van der Waals surface area contributed by atoms with E-state index in [1.165, 1.54) is 4.90 Å². The lowest BCUT2D eigenvalue weighted by Crippen LogP contribution is -2.57. The van der Waals surface area contributed by atoms with Gasteiger partial charge < -0.3 is 10.6 Å². The molecule has 2 amide bonds. The third kappa shape index (κ3) is 2.14. The average Bonchev–Trinajstić information content (AvgIpc) is 2.22. The van der Waals surface area contributed by atoms with E-state index in [9.17, 15) is 9.59 Å². The first-order valence-corrected chi connectivity index (χ1v) is 5.06. The molecule has 3 N–H and O–H groups in total. The molecule has 1 aliphatic heterocycles. The van der Waals surface area contributed by atoms with Crippen LogP contribution in [0.15, 0.2) is 0 Å². The molecule has 1 aliphatic rings. The molecule has 17 heavy (non-hydrogen) atoms. The number of nitrogen functional groups attached to an aromatic ring is 1. The standard InChI is InChI=1S/C9H12N6O2/c1-4-7(17)13-6(16)3-15(4)9-12-5(2)11-8(10)14-9/h4H,3H2,1-2H3,(H,13,16,17)(H2,10,11,12,14). The minimum Gasteiger partial charge on any atom is -0.368 e. The number of hydrogen-bond acceptors (Lipinski definition) is 7. The number of nitrogens with one attached hydrogen (secondary N) is 1. The molecule has 1 fully saturated rings. The van der Waals surface area contributed by atoms with Crippen molar-refractivity contribution < 1.29 is 9.59 Å². The molecule has 2 heterocycles. The monoisotopic (exact) mass is 236 g/mol. The number of anilines is 2. The number of piperazine rings is 1. The van der Waals surface area contributed by atoms with E-state index in [0.717, 1.165) is 0 Å². The number of nitrogens with zero attached hydrogens (tertiary/aromatic N) is 4. The molecule has 0 aliphatic carbocycles. The lowest BCUT2D eigenvalue weighted by Gasteiger charge is -2.31. The summed E-state index contributed by atoms with van der Waals surface area (Å²) in [5.74, 6) is -0.00964. The van der Waals surface area contributed by atoms with Crippen LogP contribution in [0.2, 0.25) is 0 Å². The van der Waals surface area contributed by atoms with Crippen LogP contribution in [0, 0.1) is 6.92 Å². The average molecular weight is 236 g/mol. The summed E-state index contributed by atoms with van der Waals surface area (Å²) in [6.45, 7) is 3.35. The first kappa shape index (κ1) is 11.2. The van der Waals surface area contributed by atoms with Gasteiger partial charge in [-0.1, -0.05) is 0 Å². The van der Waals surface area contributed by atoms with Gasteiger partial charge in [0.2, 0.25) is 23.7 Å². The molecule has 8 heteroatoms. The van der Waals surface area contributed by atoms with Gasteiger partial charge in [-0.2, -0.15) is 15.0 Å². The maximum Gasteiger partial charge on any atom is 0.249 e. The van der Waals surface area contributed by atoms with Crippen molar-refractivity contribution in [3.05, 3.63) is 5.82 Å². The van der Waals surface area contributed by atoms with Gasteiger partial charge in [0.15, 0.2) is 0 Å². The van der Waals surface area contributed by atoms with Crippen molar-refractivity contribution in [2.24, 2.45) is 0 Å². The normalized spacial score (nSPS) is 20.4. The van der Waals surface area contributed by atoms with Gasteiger partial charge in [-0.15, -0.1) is 0 Å². The minimum atomic E-state index is -0.520. The van der Waals surface area contributed by atoms with E-state index in [1.807, 2.05) is 0 Å². The zero-order valence-electron chi connectivity index (χ0n) is 9.47. The number of aryl methyl sites for hydroxylation is 1. The number of carbonyl (C=O) groups excluding carboxylic acids is 2. The molecule has 0 aromatic carbocycles. The number of rotatable bonds is 1. The summed E-state index contributed by atoms with van der Waals surface area (Å²) in [5.41, 5.74) is 5.51. The van der Waals surface area contributed by atoms with E-state index < -0.39 is 6.04 Å². The van der Waals surface area contributed by atoms with Crippen LogP contribution >= 0.6 is 0 Å². The van der Waals surface area contributed by atoms with Gasteiger partial charge in [0, 0.05) is 0 Å². The lowest BCUT2D eigenvalue weighted by atomic mass is 10.2. The van der Waals surface area contributed by atoms with Crippen molar-refractivity contribution in [3.63, 3.8) is 0 Å². The zero-order valence-corrected chi connectivity index (χ0v) is 9.47. The molecule has 8 nitrogen and oxygen atoms in total. The van der Waals surface area contributed by atoms with Gasteiger partial charge in [0.05, 0.1) is 0 Å². The number of nitrogens with two attached hydrogens (primary N) is 1. The highest BCUT2D eigenvalue weighted by Crippen LogP contribution is 2.14. The van der Waals surface area contributed by atoms with Gasteiger partial charge in [-0.25, -0.2) is 0 Å². The summed E-state index contributed by atoms with van der Waals surface area (Å²) in [6, 6.07) is -0.520. The van der Waals surface area contributed by atoms with Gasteiger partial charge in [-0.3, -0.25) is 14.9 Å². The summed E-state index contributed by atoms with van der Waals surface area (Å²) in [4.78, 5) is 36.1. The molecule has 1 unspecified atom stereocenters. The topological polar surface area (TPSA) is 114 Å². The first-order chi connectivity index (χ1) is 7.97. The number of imide groups is 1. The quantitative estimate of drug-likeness (QED) is 0.577. The van der Waals surface area contributed by atoms with Crippen molar-refractivity contribution in [3.8, 4) is 0 Å². The Balaban J connectivity index is 2.37. The second kappa shape index (κ2) is 3.96. The Kier molecular flexibility index (Phi) is 2.62. The summed E-state index contributed by atoms with van der Waals surface area (Å²) in [5, 5.41) is 2.24. The van der Waals surface area contributed by atoms with Crippen LogP contribution in [0.25, 0.3) is 0 Å². The summed E-state index contributed by atoms with van der Waals surface area (Å²) in [6.07, 6.45) is 0. The Bertz CT molecular complexity index is 468. The molecular weight excluding hydrogens is 224 g/mol. The molecule has 0 radical (unpaired) electrons. The fourth-order valence-electron chi connectivity index (χ4n) is 1.57. The highest BCUT2D eigenvalue weighted by atomic mass is 16.2. The Morgan fingerprint density at radius 1 is 1.35 bits per heavy atom. The van der Waals surface area contributed by atoms with Crippen LogP contribution in [0.3, 0.4) is 0 Å². The summed E-state index contributed by atoms with van der Waals surface area (Å²) < 4.78 is 0. The molecule has 1 saturated heterocycles. The van der Waals surface area contributed by atoms with E-state index in [0.29, 0.717) is 5.82 Å². The van der Waals surface area contributed by atoms with E-state index in [1.54, 1.807) is 13.8 Å². The van der Waals surface area contributed by atoms with Gasteiger partial charge >= 0.3 is 0 Å². The second-order valence-electron chi connectivity index (χ2n) is 3.76. The van der Waals surface area contributed by atoms with Crippen molar-refractivity contribution in [1.82, 2.24) is 20.3 Å². The van der Waals surface area contributed by atoms with Gasteiger partial charge in [0.25, 0.3) is 0 Å². The predicted octanol–water partition coefficient (Wildman–Crippen LogP) is -1.39. The first-order valence-electron chi connectivity index (χ1n) is 5.06. The number of carbonyl (C=O) groups is 2. The van der Waals surface area contributed by atoms with E-state index >= 15 is 0 Å². The Morgan fingerprint density at radius 2 is 2.06 bits per heavy atom. The predicted molar refractivity (Wildman–Crippen MR) is 58.9 cm³/mol. The third-order valence-electron chi connectivity index (χ3n) is 2.43. The van der Waals surface area contributed by atoms with Crippen LogP contribution < -0.4 is 16.0 Å².